The maximum absolute atomic E-state index is 12.8. The highest BCUT2D eigenvalue weighted by molar-refractivity contribution is 5.89. The van der Waals surface area contributed by atoms with Crippen LogP contribution in [-0.4, -0.2) is 43.1 Å². The molecule has 190 valence electrons. The lowest BCUT2D eigenvalue weighted by molar-refractivity contribution is -0.179. The minimum atomic E-state index is -0.349. The van der Waals surface area contributed by atoms with Crippen molar-refractivity contribution in [2.45, 2.75) is 69.5 Å². The maximum Gasteiger partial charge on any atom is 0.338 e. The molecule has 2 aromatic carbocycles. The van der Waals surface area contributed by atoms with Crippen LogP contribution in [0, 0.1) is 11.8 Å². The third-order valence-electron chi connectivity index (χ3n) is 7.39. The lowest BCUT2D eigenvalue weighted by atomic mass is 9.91. The van der Waals surface area contributed by atoms with Crippen molar-refractivity contribution < 1.29 is 28.5 Å². The molecule has 2 saturated heterocycles. The van der Waals surface area contributed by atoms with E-state index in [1.54, 1.807) is 12.1 Å². The predicted molar refractivity (Wildman–Crippen MR) is 134 cm³/mol. The van der Waals surface area contributed by atoms with Gasteiger partial charge in [0, 0.05) is 24.9 Å². The van der Waals surface area contributed by atoms with E-state index >= 15 is 0 Å². The zero-order chi connectivity index (χ0) is 24.7. The summed E-state index contributed by atoms with van der Waals surface area (Å²) < 4.78 is 23.7. The summed E-state index contributed by atoms with van der Waals surface area (Å²) in [7, 11) is 0. The van der Waals surface area contributed by atoms with Crippen LogP contribution in [0.3, 0.4) is 0 Å². The van der Waals surface area contributed by atoms with Gasteiger partial charge in [0.25, 0.3) is 0 Å². The van der Waals surface area contributed by atoms with Gasteiger partial charge in [-0.05, 0) is 49.8 Å². The summed E-state index contributed by atoms with van der Waals surface area (Å²) in [5.74, 6) is -0.631. The van der Waals surface area contributed by atoms with E-state index in [1.807, 2.05) is 36.4 Å². The molecule has 6 heteroatoms. The Hall–Kier alpha value is -2.96. The first kappa shape index (κ1) is 24.7. The van der Waals surface area contributed by atoms with Gasteiger partial charge >= 0.3 is 11.9 Å². The van der Waals surface area contributed by atoms with Gasteiger partial charge in [0.15, 0.2) is 6.29 Å². The molecule has 0 N–H and O–H groups in total. The van der Waals surface area contributed by atoms with Crippen molar-refractivity contribution in [1.82, 2.24) is 0 Å². The molecule has 0 bridgehead atoms. The second-order valence-electron chi connectivity index (χ2n) is 9.90. The summed E-state index contributed by atoms with van der Waals surface area (Å²) in [6, 6.07) is 19.4. The molecule has 3 fully saturated rings. The Morgan fingerprint density at radius 1 is 1.06 bits per heavy atom. The molecule has 0 radical (unpaired) electrons. The molecule has 1 unspecified atom stereocenters. The molecule has 2 aliphatic heterocycles. The molecule has 1 aliphatic carbocycles. The van der Waals surface area contributed by atoms with Gasteiger partial charge in [-0.1, -0.05) is 60.7 Å². The molecule has 2 heterocycles. The minimum Gasteiger partial charge on any atom is -0.462 e. The fourth-order valence-corrected chi connectivity index (χ4v) is 5.50. The van der Waals surface area contributed by atoms with Gasteiger partial charge in [0.1, 0.15) is 12.2 Å². The molecule has 0 spiro atoms. The molecule has 0 amide bonds. The first-order valence-corrected chi connectivity index (χ1v) is 13.1. The lowest BCUT2D eigenvalue weighted by Gasteiger charge is -2.27. The predicted octanol–water partition coefficient (Wildman–Crippen LogP) is 5.26. The van der Waals surface area contributed by atoms with Crippen LogP contribution >= 0.6 is 0 Å². The van der Waals surface area contributed by atoms with Gasteiger partial charge in [-0.3, -0.25) is 4.79 Å². The average Bonchev–Trinajstić information content (AvgIpc) is 3.42. The Kier molecular flexibility index (Phi) is 8.14. The summed E-state index contributed by atoms with van der Waals surface area (Å²) in [6.45, 7) is 0.725. The van der Waals surface area contributed by atoms with E-state index in [4.69, 9.17) is 18.9 Å². The van der Waals surface area contributed by atoms with Gasteiger partial charge in [0.2, 0.25) is 0 Å². The van der Waals surface area contributed by atoms with Crippen molar-refractivity contribution in [2.24, 2.45) is 11.8 Å². The smallest absolute Gasteiger partial charge is 0.338 e. The lowest BCUT2D eigenvalue weighted by Crippen LogP contribution is -2.28. The molecule has 5 rings (SSSR count). The van der Waals surface area contributed by atoms with E-state index < -0.39 is 0 Å². The van der Waals surface area contributed by atoms with Gasteiger partial charge < -0.3 is 18.9 Å². The highest BCUT2D eigenvalue weighted by Gasteiger charge is 2.50. The molecule has 6 atom stereocenters. The van der Waals surface area contributed by atoms with Gasteiger partial charge in [-0.2, -0.15) is 0 Å². The Morgan fingerprint density at radius 2 is 1.83 bits per heavy atom. The SMILES string of the molecule is O=C1C[C@@H]2[C@@H](/C=C/[C@H](CCc3ccccc3)OC3CCCCO3)[C@H](OC(=O)c3ccccc3)C[C@@H]2O1. The van der Waals surface area contributed by atoms with Gasteiger partial charge in [-0.15, -0.1) is 0 Å². The highest BCUT2D eigenvalue weighted by atomic mass is 16.7. The number of hydrogen-bond donors (Lipinski definition) is 0. The second kappa shape index (κ2) is 11.8. The van der Waals surface area contributed by atoms with Crippen molar-refractivity contribution in [3.63, 3.8) is 0 Å². The van der Waals surface area contributed by atoms with Crippen molar-refractivity contribution in [1.29, 1.82) is 0 Å². The third kappa shape index (κ3) is 6.23. The Labute approximate surface area is 212 Å². The number of ether oxygens (including phenoxy) is 4. The van der Waals surface area contributed by atoms with Crippen molar-refractivity contribution >= 4 is 11.9 Å². The Morgan fingerprint density at radius 3 is 2.58 bits per heavy atom. The van der Waals surface area contributed by atoms with Crippen molar-refractivity contribution in [2.75, 3.05) is 6.61 Å². The van der Waals surface area contributed by atoms with Crippen LogP contribution in [0.5, 0.6) is 0 Å². The zero-order valence-corrected chi connectivity index (χ0v) is 20.5. The number of aryl methyl sites for hydroxylation is 1. The van der Waals surface area contributed by atoms with Crippen molar-refractivity contribution in [3.8, 4) is 0 Å². The van der Waals surface area contributed by atoms with Crippen LogP contribution in [0.2, 0.25) is 0 Å². The molecule has 2 aromatic rings. The molecule has 6 nitrogen and oxygen atoms in total. The topological polar surface area (TPSA) is 71.1 Å². The third-order valence-corrected chi connectivity index (χ3v) is 7.39. The average molecular weight is 491 g/mol. The van der Waals surface area contributed by atoms with E-state index in [0.29, 0.717) is 18.4 Å². The standard InChI is InChI=1S/C30H34O6/c31-28-19-25-24(26(20-27(25)35-28)36-30(32)22-11-5-2-6-12-22)17-16-23(34-29-13-7-8-18-33-29)15-14-21-9-3-1-4-10-21/h1-6,9-12,16-17,23-27,29H,7-8,13-15,18-20H2/b17-16+/t23-,24+,25+,26+,27-,29?/m0/s1. The first-order valence-electron chi connectivity index (χ1n) is 13.1. The number of carbonyl (C=O) groups is 2. The molecule has 1 saturated carbocycles. The van der Waals surface area contributed by atoms with Crippen LogP contribution in [0.25, 0.3) is 0 Å². The number of rotatable bonds is 9. The quantitative estimate of drug-likeness (QED) is 0.353. The largest absolute Gasteiger partial charge is 0.462 e. The normalized spacial score (nSPS) is 28.6. The van der Waals surface area contributed by atoms with Gasteiger partial charge in [-0.25, -0.2) is 4.79 Å². The zero-order valence-electron chi connectivity index (χ0n) is 20.5. The van der Waals surface area contributed by atoms with E-state index in [-0.39, 0.29) is 48.4 Å². The monoisotopic (exact) mass is 490 g/mol. The summed E-state index contributed by atoms with van der Waals surface area (Å²) in [5.41, 5.74) is 1.78. The molecular formula is C30H34O6. The number of fused-ring (bicyclic) bond motifs is 1. The Bertz CT molecular complexity index is 1030. The molecule has 3 aliphatic rings. The van der Waals surface area contributed by atoms with Crippen LogP contribution in [0.15, 0.2) is 72.8 Å². The number of esters is 2. The fraction of sp³-hybridized carbons (Fsp3) is 0.467. The molecular weight excluding hydrogens is 456 g/mol. The molecule has 36 heavy (non-hydrogen) atoms. The Balaban J connectivity index is 1.30. The second-order valence-corrected chi connectivity index (χ2v) is 9.90. The maximum atomic E-state index is 12.8. The minimum absolute atomic E-state index is 0.00280. The van der Waals surface area contributed by atoms with Crippen molar-refractivity contribution in [3.05, 3.63) is 83.9 Å². The number of hydrogen-bond acceptors (Lipinski definition) is 6. The van der Waals surface area contributed by atoms with Crippen LogP contribution in [0.1, 0.15) is 54.4 Å². The number of benzene rings is 2. The van der Waals surface area contributed by atoms with E-state index in [9.17, 15) is 9.59 Å². The first-order chi connectivity index (χ1) is 17.7. The van der Waals surface area contributed by atoms with Gasteiger partial charge in [0.05, 0.1) is 18.1 Å². The van der Waals surface area contributed by atoms with Crippen LogP contribution in [0.4, 0.5) is 0 Å². The van der Waals surface area contributed by atoms with E-state index in [2.05, 4.69) is 24.3 Å². The molecule has 0 aromatic heterocycles. The summed E-state index contributed by atoms with van der Waals surface area (Å²) in [5, 5.41) is 0. The fourth-order valence-electron chi connectivity index (χ4n) is 5.50. The van der Waals surface area contributed by atoms with E-state index in [1.165, 1.54) is 5.56 Å². The summed E-state index contributed by atoms with van der Waals surface area (Å²) >= 11 is 0. The summed E-state index contributed by atoms with van der Waals surface area (Å²) in [4.78, 5) is 24.8. The van der Waals surface area contributed by atoms with E-state index in [0.717, 1.165) is 38.7 Å². The van der Waals surface area contributed by atoms with Crippen LogP contribution < -0.4 is 0 Å². The van der Waals surface area contributed by atoms with Crippen LogP contribution in [-0.2, 0) is 30.2 Å². The highest BCUT2D eigenvalue weighted by Crippen LogP contribution is 2.44. The number of carbonyl (C=O) groups excluding carboxylic acids is 2. The summed E-state index contributed by atoms with van der Waals surface area (Å²) in [6.07, 6.45) is 8.88.